The molecule has 1 atom stereocenters. The molecule has 1 aromatic rings. The van der Waals surface area contributed by atoms with Crippen molar-refractivity contribution < 1.29 is 8.42 Å². The first-order chi connectivity index (χ1) is 8.46. The third kappa shape index (κ3) is 3.46. The van der Waals surface area contributed by atoms with E-state index < -0.39 is 9.84 Å². The fraction of sp³-hybridized carbons (Fsp3) is 0.538. The number of nitrogens with one attached hydrogen (secondary N) is 1. The molecular formula is C13H20N2O2S. The molecule has 0 amide bonds. The van der Waals surface area contributed by atoms with Gasteiger partial charge in [0.15, 0.2) is 0 Å². The van der Waals surface area contributed by atoms with Gasteiger partial charge in [0.1, 0.15) is 9.84 Å². The van der Waals surface area contributed by atoms with Crippen LogP contribution in [0.2, 0.25) is 0 Å². The van der Waals surface area contributed by atoms with Crippen LogP contribution in [0, 0.1) is 0 Å². The molecule has 0 bridgehead atoms. The third-order valence-electron chi connectivity index (χ3n) is 3.20. The van der Waals surface area contributed by atoms with Crippen molar-refractivity contribution in [3.05, 3.63) is 29.8 Å². The molecule has 4 nitrogen and oxygen atoms in total. The highest BCUT2D eigenvalue weighted by molar-refractivity contribution is 7.90. The second kappa shape index (κ2) is 5.28. The van der Waals surface area contributed by atoms with Gasteiger partial charge in [-0.2, -0.15) is 0 Å². The number of hydrogen-bond acceptors (Lipinski definition) is 4. The van der Waals surface area contributed by atoms with Crippen molar-refractivity contribution in [2.24, 2.45) is 0 Å². The van der Waals surface area contributed by atoms with E-state index in [1.54, 1.807) is 0 Å². The minimum absolute atomic E-state index is 0.202. The number of hydrogen-bond donors (Lipinski definition) is 1. The van der Waals surface area contributed by atoms with Gasteiger partial charge in [-0.05, 0) is 18.6 Å². The van der Waals surface area contributed by atoms with Gasteiger partial charge in [0.25, 0.3) is 0 Å². The Morgan fingerprint density at radius 3 is 2.83 bits per heavy atom. The van der Waals surface area contributed by atoms with E-state index in [0.717, 1.165) is 18.8 Å². The van der Waals surface area contributed by atoms with Gasteiger partial charge in [-0.1, -0.05) is 18.2 Å². The largest absolute Gasteiger partial charge is 0.369 e. The molecule has 2 rings (SSSR count). The molecular weight excluding hydrogens is 248 g/mol. The summed E-state index contributed by atoms with van der Waals surface area (Å²) in [5.41, 5.74) is 2.38. The lowest BCUT2D eigenvalue weighted by atomic mass is 10.1. The summed E-state index contributed by atoms with van der Waals surface area (Å²) in [7, 11) is -2.92. The first kappa shape index (κ1) is 13.4. The molecule has 0 saturated carbocycles. The predicted molar refractivity (Wildman–Crippen MR) is 74.7 cm³/mol. The normalized spacial score (nSPS) is 20.3. The fourth-order valence-electron chi connectivity index (χ4n) is 2.23. The zero-order valence-electron chi connectivity index (χ0n) is 10.9. The number of para-hydroxylation sites is 1. The lowest BCUT2D eigenvalue weighted by Gasteiger charge is -2.26. The van der Waals surface area contributed by atoms with Crippen molar-refractivity contribution in [1.29, 1.82) is 0 Å². The van der Waals surface area contributed by atoms with E-state index in [1.165, 1.54) is 11.8 Å². The summed E-state index contributed by atoms with van der Waals surface area (Å²) in [6.45, 7) is 4.36. The van der Waals surface area contributed by atoms with Gasteiger partial charge in [0.05, 0.1) is 5.75 Å². The van der Waals surface area contributed by atoms with Gasteiger partial charge >= 0.3 is 0 Å². The van der Waals surface area contributed by atoms with Crippen molar-refractivity contribution in [3.8, 4) is 0 Å². The van der Waals surface area contributed by atoms with Gasteiger partial charge in [-0.3, -0.25) is 0 Å². The molecule has 0 fully saturated rings. The van der Waals surface area contributed by atoms with E-state index in [2.05, 4.69) is 29.3 Å². The fourth-order valence-corrected chi connectivity index (χ4v) is 2.79. The van der Waals surface area contributed by atoms with Crippen molar-refractivity contribution in [1.82, 2.24) is 5.32 Å². The molecule has 0 aliphatic carbocycles. The van der Waals surface area contributed by atoms with E-state index in [4.69, 9.17) is 0 Å². The molecule has 0 aromatic heterocycles. The van der Waals surface area contributed by atoms with E-state index in [9.17, 15) is 8.42 Å². The van der Waals surface area contributed by atoms with Crippen LogP contribution >= 0.6 is 0 Å². The third-order valence-corrected chi connectivity index (χ3v) is 4.12. The average molecular weight is 268 g/mol. The van der Waals surface area contributed by atoms with Crippen LogP contribution in [0.25, 0.3) is 0 Å². The first-order valence-electron chi connectivity index (χ1n) is 6.20. The van der Waals surface area contributed by atoms with Crippen LogP contribution in [0.5, 0.6) is 0 Å². The van der Waals surface area contributed by atoms with Crippen LogP contribution in [0.3, 0.4) is 0 Å². The minimum Gasteiger partial charge on any atom is -0.369 e. The van der Waals surface area contributed by atoms with E-state index in [-0.39, 0.29) is 5.75 Å². The maximum atomic E-state index is 11.3. The molecule has 5 heteroatoms. The van der Waals surface area contributed by atoms with Crippen molar-refractivity contribution in [2.75, 3.05) is 30.0 Å². The Labute approximate surface area is 109 Å². The molecule has 0 spiro atoms. The minimum atomic E-state index is -2.92. The highest BCUT2D eigenvalue weighted by Crippen LogP contribution is 2.23. The Morgan fingerprint density at radius 2 is 2.11 bits per heavy atom. The van der Waals surface area contributed by atoms with Crippen molar-refractivity contribution in [3.63, 3.8) is 0 Å². The maximum absolute atomic E-state index is 11.3. The standard InChI is InChI=1S/C13H20N2O2S/c1-11-10-15(7-8-18(2,16)17)13-6-4-3-5-12(13)9-14-11/h3-6,11,14H,7-10H2,1-2H3. The monoisotopic (exact) mass is 268 g/mol. The Bertz CT molecular complexity index is 513. The van der Waals surface area contributed by atoms with E-state index in [0.29, 0.717) is 12.6 Å². The summed E-state index contributed by atoms with van der Waals surface area (Å²) in [5.74, 6) is 0.202. The van der Waals surface area contributed by atoms with Crippen molar-refractivity contribution in [2.45, 2.75) is 19.5 Å². The molecule has 1 N–H and O–H groups in total. The Hall–Kier alpha value is -1.07. The summed E-state index contributed by atoms with van der Waals surface area (Å²) in [4.78, 5) is 2.17. The first-order valence-corrected chi connectivity index (χ1v) is 8.26. The van der Waals surface area contributed by atoms with Crippen LogP contribution in [0.15, 0.2) is 24.3 Å². The Morgan fingerprint density at radius 1 is 1.39 bits per heavy atom. The number of benzene rings is 1. The second-order valence-corrected chi connectivity index (χ2v) is 7.25. The molecule has 0 saturated heterocycles. The molecule has 1 heterocycles. The van der Waals surface area contributed by atoms with Gasteiger partial charge in [-0.15, -0.1) is 0 Å². The second-order valence-electron chi connectivity index (χ2n) is 4.99. The van der Waals surface area contributed by atoms with Crippen LogP contribution < -0.4 is 10.2 Å². The smallest absolute Gasteiger partial charge is 0.149 e. The van der Waals surface area contributed by atoms with Gasteiger partial charge < -0.3 is 10.2 Å². The molecule has 0 radical (unpaired) electrons. The zero-order valence-corrected chi connectivity index (χ0v) is 11.7. The quantitative estimate of drug-likeness (QED) is 0.889. The number of nitrogens with zero attached hydrogens (tertiary/aromatic N) is 1. The van der Waals surface area contributed by atoms with Crippen LogP contribution in [-0.4, -0.2) is 39.6 Å². The molecule has 1 unspecified atom stereocenters. The number of rotatable bonds is 3. The number of fused-ring (bicyclic) bond motifs is 1. The molecule has 1 aliphatic rings. The Kier molecular flexibility index (Phi) is 3.92. The molecule has 1 aliphatic heterocycles. The predicted octanol–water partition coefficient (Wildman–Crippen LogP) is 1.03. The topological polar surface area (TPSA) is 49.4 Å². The number of sulfone groups is 1. The van der Waals surface area contributed by atoms with Gasteiger partial charge in [-0.25, -0.2) is 8.42 Å². The average Bonchev–Trinajstić information content (AvgIpc) is 2.46. The Balaban J connectivity index is 2.21. The molecule has 1 aromatic carbocycles. The highest BCUT2D eigenvalue weighted by Gasteiger charge is 2.19. The lowest BCUT2D eigenvalue weighted by molar-refractivity contribution is 0.554. The molecule has 100 valence electrons. The van der Waals surface area contributed by atoms with Gasteiger partial charge in [0, 0.05) is 37.6 Å². The summed E-state index contributed by atoms with van der Waals surface area (Å²) >= 11 is 0. The van der Waals surface area contributed by atoms with E-state index in [1.807, 2.05) is 12.1 Å². The molecule has 18 heavy (non-hydrogen) atoms. The summed E-state index contributed by atoms with van der Waals surface area (Å²) in [5, 5.41) is 3.44. The van der Waals surface area contributed by atoms with E-state index >= 15 is 0 Å². The number of anilines is 1. The SMILES string of the molecule is CC1CN(CCS(C)(=O)=O)c2ccccc2CN1. The highest BCUT2D eigenvalue weighted by atomic mass is 32.2. The summed E-state index contributed by atoms with van der Waals surface area (Å²) in [6.07, 6.45) is 1.29. The maximum Gasteiger partial charge on any atom is 0.149 e. The van der Waals surface area contributed by atoms with Gasteiger partial charge in [0.2, 0.25) is 0 Å². The zero-order chi connectivity index (χ0) is 13.2. The van der Waals surface area contributed by atoms with Crippen molar-refractivity contribution >= 4 is 15.5 Å². The van der Waals surface area contributed by atoms with Crippen LogP contribution in [0.4, 0.5) is 5.69 Å². The van der Waals surface area contributed by atoms with Crippen LogP contribution in [-0.2, 0) is 16.4 Å². The lowest BCUT2D eigenvalue weighted by Crippen LogP contribution is -2.38. The summed E-state index contributed by atoms with van der Waals surface area (Å²) in [6, 6.07) is 8.54. The summed E-state index contributed by atoms with van der Waals surface area (Å²) < 4.78 is 22.6. The van der Waals surface area contributed by atoms with Crippen LogP contribution in [0.1, 0.15) is 12.5 Å².